The molecule has 0 amide bonds. The van der Waals surface area contributed by atoms with Crippen LogP contribution in [0.1, 0.15) is 52.8 Å². The van der Waals surface area contributed by atoms with Crippen LogP contribution in [0.25, 0.3) is 0 Å². The smallest absolute Gasteiger partial charge is 0.165 e. The molecule has 0 aliphatic carbocycles. The van der Waals surface area contributed by atoms with E-state index in [4.69, 9.17) is 5.26 Å². The van der Waals surface area contributed by atoms with Gasteiger partial charge in [0.1, 0.15) is 11.7 Å². The summed E-state index contributed by atoms with van der Waals surface area (Å²) in [5.74, 6) is 0. The summed E-state index contributed by atoms with van der Waals surface area (Å²) in [5, 5.41) is 12.5. The van der Waals surface area contributed by atoms with Crippen LogP contribution in [-0.2, 0) is 6.54 Å². The highest BCUT2D eigenvalue weighted by Crippen LogP contribution is 2.12. The van der Waals surface area contributed by atoms with Crippen molar-refractivity contribution < 1.29 is 4.39 Å². The molecule has 0 atom stereocenters. The number of hydrogen-bond donors (Lipinski definition) is 0. The third-order valence-electron chi connectivity index (χ3n) is 1.59. The number of nitriles is 1. The summed E-state index contributed by atoms with van der Waals surface area (Å²) in [6, 6.07) is 1.95. The van der Waals surface area contributed by atoms with Crippen molar-refractivity contribution in [3.63, 3.8) is 0 Å². The van der Waals surface area contributed by atoms with Crippen molar-refractivity contribution in [1.29, 1.82) is 5.26 Å². The minimum Gasteiger partial charge on any atom is -0.268 e. The first-order valence-corrected chi connectivity index (χ1v) is 6.05. The van der Waals surface area contributed by atoms with Gasteiger partial charge in [-0.05, 0) is 20.8 Å². The molecule has 98 valence electrons. The molecule has 0 saturated heterocycles. The van der Waals surface area contributed by atoms with Crippen LogP contribution in [-0.4, -0.2) is 15.4 Å². The molecule has 0 unspecified atom stereocenters. The lowest BCUT2D eigenvalue weighted by atomic mass is 10.2. The average Bonchev–Trinajstić information content (AvgIpc) is 2.62. The Morgan fingerprint density at radius 1 is 1.35 bits per heavy atom. The van der Waals surface area contributed by atoms with E-state index in [1.54, 1.807) is 13.1 Å². The van der Waals surface area contributed by atoms with Gasteiger partial charge in [0.05, 0.1) is 6.54 Å². The number of nitrogens with zero attached hydrogens (tertiary/aromatic N) is 3. The second-order valence-electron chi connectivity index (χ2n) is 3.69. The molecular formula is C13H24FN3. The van der Waals surface area contributed by atoms with Gasteiger partial charge in [-0.3, -0.25) is 4.68 Å². The molecule has 1 heterocycles. The van der Waals surface area contributed by atoms with Crippen molar-refractivity contribution >= 4 is 0 Å². The third kappa shape index (κ3) is 7.51. The fourth-order valence-electron chi connectivity index (χ4n) is 1.10. The monoisotopic (exact) mass is 241 g/mol. The Bertz CT molecular complexity index is 343. The number of hydrogen-bond acceptors (Lipinski definition) is 2. The molecule has 1 aromatic heterocycles. The lowest BCUT2D eigenvalue weighted by Crippen LogP contribution is -2.21. The maximum atomic E-state index is 13.2. The Morgan fingerprint density at radius 3 is 2.12 bits per heavy atom. The van der Waals surface area contributed by atoms with Crippen molar-refractivity contribution in [3.8, 4) is 6.07 Å². The molecule has 17 heavy (non-hydrogen) atoms. The Kier molecular flexibility index (Phi) is 9.26. The Labute approximate surface area is 104 Å². The fraction of sp³-hybridized carbons (Fsp3) is 0.692. The number of aryl methyl sites for hydroxylation is 1. The van der Waals surface area contributed by atoms with E-state index in [2.05, 4.69) is 5.10 Å². The maximum Gasteiger partial charge on any atom is 0.165 e. The molecule has 0 aromatic carbocycles. The molecule has 3 nitrogen and oxygen atoms in total. The largest absolute Gasteiger partial charge is 0.268 e. The molecule has 0 bridgehead atoms. The predicted octanol–water partition coefficient (Wildman–Crippen LogP) is 3.86. The summed E-state index contributed by atoms with van der Waals surface area (Å²) >= 11 is 0. The van der Waals surface area contributed by atoms with Crippen molar-refractivity contribution in [3.05, 3.63) is 17.5 Å². The Balaban J connectivity index is 0. The van der Waals surface area contributed by atoms with Gasteiger partial charge in [-0.2, -0.15) is 10.4 Å². The zero-order valence-electron chi connectivity index (χ0n) is 12.0. The van der Waals surface area contributed by atoms with E-state index in [1.165, 1.54) is 18.5 Å². The first-order chi connectivity index (χ1) is 7.92. The van der Waals surface area contributed by atoms with E-state index >= 15 is 0 Å². The summed E-state index contributed by atoms with van der Waals surface area (Å²) in [6.07, 6.45) is 1.68. The van der Waals surface area contributed by atoms with Gasteiger partial charge < -0.3 is 0 Å². The van der Waals surface area contributed by atoms with Crippen molar-refractivity contribution in [2.24, 2.45) is 0 Å². The van der Waals surface area contributed by atoms with E-state index < -0.39 is 5.67 Å². The molecule has 0 fully saturated rings. The Morgan fingerprint density at radius 2 is 1.82 bits per heavy atom. The second kappa shape index (κ2) is 8.74. The van der Waals surface area contributed by atoms with Crippen LogP contribution in [0, 0.1) is 18.3 Å². The minimum atomic E-state index is -1.30. The summed E-state index contributed by atoms with van der Waals surface area (Å²) in [4.78, 5) is 0. The maximum absolute atomic E-state index is 13.2. The highest BCUT2D eigenvalue weighted by Gasteiger charge is 2.17. The van der Waals surface area contributed by atoms with E-state index in [1.807, 2.05) is 33.8 Å². The van der Waals surface area contributed by atoms with Gasteiger partial charge >= 0.3 is 0 Å². The molecule has 1 aromatic rings. The van der Waals surface area contributed by atoms with Gasteiger partial charge in [0, 0.05) is 11.8 Å². The Hall–Kier alpha value is -1.37. The van der Waals surface area contributed by atoms with Crippen LogP contribution in [0.15, 0.2) is 6.20 Å². The van der Waals surface area contributed by atoms with Gasteiger partial charge in [0.15, 0.2) is 5.69 Å². The summed E-state index contributed by atoms with van der Waals surface area (Å²) in [7, 11) is 0. The summed E-state index contributed by atoms with van der Waals surface area (Å²) < 4.78 is 14.6. The van der Waals surface area contributed by atoms with E-state index in [9.17, 15) is 4.39 Å². The molecule has 0 aliphatic rings. The number of aromatic nitrogens is 2. The topological polar surface area (TPSA) is 41.6 Å². The minimum absolute atomic E-state index is 0.176. The zero-order chi connectivity index (χ0) is 14.1. The molecular weight excluding hydrogens is 217 g/mol. The van der Waals surface area contributed by atoms with Gasteiger partial charge in [0.25, 0.3) is 0 Å². The molecule has 0 spiro atoms. The van der Waals surface area contributed by atoms with Crippen LogP contribution >= 0.6 is 0 Å². The summed E-state index contributed by atoms with van der Waals surface area (Å²) in [5.41, 5.74) is -0.151. The number of halogens is 1. The molecule has 0 radical (unpaired) electrons. The highest BCUT2D eigenvalue weighted by molar-refractivity contribution is 5.27. The lowest BCUT2D eigenvalue weighted by molar-refractivity contribution is 0.179. The number of alkyl halides is 1. The lowest BCUT2D eigenvalue weighted by Gasteiger charge is -2.12. The normalized spacial score (nSPS) is 9.35. The zero-order valence-corrected chi connectivity index (χ0v) is 12.0. The van der Waals surface area contributed by atoms with Crippen LogP contribution in [0.3, 0.4) is 0 Å². The molecule has 4 heteroatoms. The van der Waals surface area contributed by atoms with Crippen molar-refractivity contribution in [1.82, 2.24) is 9.78 Å². The summed E-state index contributed by atoms with van der Waals surface area (Å²) in [6.45, 7) is 12.9. The second-order valence-corrected chi connectivity index (χ2v) is 3.69. The fourth-order valence-corrected chi connectivity index (χ4v) is 1.10. The van der Waals surface area contributed by atoms with Crippen LogP contribution in [0.4, 0.5) is 4.39 Å². The molecule has 0 N–H and O–H groups in total. The van der Waals surface area contributed by atoms with Crippen LogP contribution in [0.2, 0.25) is 0 Å². The predicted molar refractivity (Wildman–Crippen MR) is 69.6 cm³/mol. The average molecular weight is 241 g/mol. The van der Waals surface area contributed by atoms with E-state index in [0.717, 1.165) is 5.56 Å². The quantitative estimate of drug-likeness (QED) is 0.788. The first-order valence-electron chi connectivity index (χ1n) is 6.05. The van der Waals surface area contributed by atoms with Gasteiger partial charge in [-0.1, -0.05) is 27.7 Å². The van der Waals surface area contributed by atoms with Crippen molar-refractivity contribution in [2.75, 3.05) is 0 Å². The SMILES string of the molecule is CC.CC.Cc1cn(CC(C)(C)F)nc1C#N. The molecule has 0 aliphatic heterocycles. The van der Waals surface area contributed by atoms with E-state index in [-0.39, 0.29) is 6.54 Å². The van der Waals surface area contributed by atoms with E-state index in [0.29, 0.717) is 5.69 Å². The molecule has 1 rings (SSSR count). The standard InChI is InChI=1S/C9H12FN3.2C2H6/c1-7-5-13(6-9(2,3)10)12-8(7)4-11;2*1-2/h5H,6H2,1-3H3;2*1-2H3. The van der Waals surface area contributed by atoms with Gasteiger partial charge in [0.2, 0.25) is 0 Å². The van der Waals surface area contributed by atoms with Gasteiger partial charge in [-0.15, -0.1) is 0 Å². The highest BCUT2D eigenvalue weighted by atomic mass is 19.1. The van der Waals surface area contributed by atoms with Crippen molar-refractivity contribution in [2.45, 2.75) is 60.7 Å². The number of rotatable bonds is 2. The molecule has 0 saturated carbocycles. The first kappa shape index (κ1) is 18.0. The third-order valence-corrected chi connectivity index (χ3v) is 1.59. The van der Waals surface area contributed by atoms with Crippen LogP contribution in [0.5, 0.6) is 0 Å². The van der Waals surface area contributed by atoms with Crippen LogP contribution < -0.4 is 0 Å². The van der Waals surface area contributed by atoms with Gasteiger partial charge in [-0.25, -0.2) is 4.39 Å².